The molecule has 0 N–H and O–H groups in total. The first-order valence-corrected chi connectivity index (χ1v) is 4.27. The van der Waals surface area contributed by atoms with Crippen LogP contribution in [0.1, 0.15) is 19.3 Å². The first kappa shape index (κ1) is 6.93. The van der Waals surface area contributed by atoms with Gasteiger partial charge in [-0.05, 0) is 18.8 Å². The lowest BCUT2D eigenvalue weighted by Crippen LogP contribution is -2.45. The van der Waals surface area contributed by atoms with Crippen LogP contribution in [0.2, 0.25) is 0 Å². The SMILES string of the molecule is O=C1CC[C@H]2CC(Cl)(Cl)[C@@H]12. The molecule has 0 unspecified atom stereocenters. The van der Waals surface area contributed by atoms with Gasteiger partial charge in [0.2, 0.25) is 0 Å². The molecule has 3 heteroatoms. The molecule has 0 heterocycles. The van der Waals surface area contributed by atoms with Gasteiger partial charge in [-0.3, -0.25) is 4.79 Å². The maximum Gasteiger partial charge on any atom is 0.139 e. The van der Waals surface area contributed by atoms with Gasteiger partial charge >= 0.3 is 0 Å². The van der Waals surface area contributed by atoms with Crippen molar-refractivity contribution in [3.8, 4) is 0 Å². The van der Waals surface area contributed by atoms with E-state index in [1.807, 2.05) is 0 Å². The number of carbonyl (C=O) groups is 1. The first-order chi connectivity index (χ1) is 4.61. The number of fused-ring (bicyclic) bond motifs is 1. The van der Waals surface area contributed by atoms with Gasteiger partial charge in [-0.1, -0.05) is 0 Å². The third-order valence-corrected chi connectivity index (χ3v) is 3.35. The fraction of sp³-hybridized carbons (Fsp3) is 0.857. The molecule has 2 saturated carbocycles. The quantitative estimate of drug-likeness (QED) is 0.520. The zero-order valence-electron chi connectivity index (χ0n) is 5.44. The Morgan fingerprint density at radius 2 is 2.20 bits per heavy atom. The highest BCUT2D eigenvalue weighted by atomic mass is 35.5. The van der Waals surface area contributed by atoms with Gasteiger partial charge in [-0.15, -0.1) is 23.2 Å². The van der Waals surface area contributed by atoms with Crippen LogP contribution in [-0.4, -0.2) is 10.1 Å². The molecule has 2 aliphatic carbocycles. The summed E-state index contributed by atoms with van der Waals surface area (Å²) in [5, 5.41) is 0. The fourth-order valence-electron chi connectivity index (χ4n) is 2.03. The van der Waals surface area contributed by atoms with E-state index in [1.54, 1.807) is 0 Å². The summed E-state index contributed by atoms with van der Waals surface area (Å²) < 4.78 is -0.710. The van der Waals surface area contributed by atoms with Gasteiger partial charge in [0.1, 0.15) is 10.1 Å². The van der Waals surface area contributed by atoms with Crippen molar-refractivity contribution in [2.45, 2.75) is 23.6 Å². The number of carbonyl (C=O) groups excluding carboxylic acids is 1. The first-order valence-electron chi connectivity index (χ1n) is 3.52. The Morgan fingerprint density at radius 3 is 2.60 bits per heavy atom. The second-order valence-corrected chi connectivity index (χ2v) is 4.75. The van der Waals surface area contributed by atoms with E-state index < -0.39 is 4.33 Å². The van der Waals surface area contributed by atoms with Crippen molar-refractivity contribution in [3.05, 3.63) is 0 Å². The molecule has 0 aromatic carbocycles. The van der Waals surface area contributed by atoms with Crippen molar-refractivity contribution in [1.29, 1.82) is 0 Å². The normalized spacial score (nSPS) is 42.8. The molecule has 0 spiro atoms. The molecule has 0 bridgehead atoms. The van der Waals surface area contributed by atoms with Gasteiger partial charge in [0, 0.05) is 6.42 Å². The molecule has 56 valence electrons. The van der Waals surface area contributed by atoms with Crippen molar-refractivity contribution in [2.75, 3.05) is 0 Å². The summed E-state index contributed by atoms with van der Waals surface area (Å²) in [5.41, 5.74) is 0. The van der Waals surface area contributed by atoms with Crippen LogP contribution in [0, 0.1) is 11.8 Å². The van der Waals surface area contributed by atoms with E-state index in [0.717, 1.165) is 12.8 Å². The van der Waals surface area contributed by atoms with E-state index in [4.69, 9.17) is 23.2 Å². The standard InChI is InChI=1S/C7H8Cl2O/c8-7(9)3-4-1-2-5(10)6(4)7/h4,6H,1-3H2/t4-,6+/m0/s1. The van der Waals surface area contributed by atoms with Crippen LogP contribution in [-0.2, 0) is 4.79 Å². The van der Waals surface area contributed by atoms with Crippen molar-refractivity contribution in [3.63, 3.8) is 0 Å². The summed E-state index contributed by atoms with van der Waals surface area (Å²) >= 11 is 11.7. The van der Waals surface area contributed by atoms with Crippen molar-refractivity contribution in [2.24, 2.45) is 11.8 Å². The molecule has 2 atom stereocenters. The summed E-state index contributed by atoms with van der Waals surface area (Å²) in [4.78, 5) is 11.1. The van der Waals surface area contributed by atoms with Crippen LogP contribution in [0.25, 0.3) is 0 Å². The van der Waals surface area contributed by atoms with Crippen LogP contribution in [0.4, 0.5) is 0 Å². The molecular weight excluding hydrogens is 171 g/mol. The van der Waals surface area contributed by atoms with Crippen LogP contribution >= 0.6 is 23.2 Å². The number of Topliss-reactive ketones (excluding diaryl/α,β-unsaturated/α-hetero) is 1. The molecule has 1 nitrogen and oxygen atoms in total. The minimum Gasteiger partial charge on any atom is -0.299 e. The lowest BCUT2D eigenvalue weighted by atomic mass is 9.75. The molecule has 2 aliphatic rings. The van der Waals surface area contributed by atoms with Crippen molar-refractivity contribution >= 4 is 29.0 Å². The third-order valence-electron chi connectivity index (χ3n) is 2.57. The van der Waals surface area contributed by atoms with Gasteiger partial charge in [-0.2, -0.15) is 0 Å². The molecule has 0 aromatic rings. The Labute approximate surface area is 69.7 Å². The van der Waals surface area contributed by atoms with E-state index in [1.165, 1.54) is 0 Å². The Kier molecular flexibility index (Phi) is 1.31. The lowest BCUT2D eigenvalue weighted by Gasteiger charge is -2.42. The number of alkyl halides is 2. The largest absolute Gasteiger partial charge is 0.299 e. The second kappa shape index (κ2) is 1.89. The minimum absolute atomic E-state index is 0.0316. The number of hydrogen-bond donors (Lipinski definition) is 0. The zero-order chi connectivity index (χ0) is 7.35. The molecule has 0 aromatic heterocycles. The molecule has 0 saturated heterocycles. The molecule has 0 radical (unpaired) electrons. The molecule has 0 aliphatic heterocycles. The Balaban J connectivity index is 2.20. The van der Waals surface area contributed by atoms with Crippen molar-refractivity contribution in [1.82, 2.24) is 0 Å². The van der Waals surface area contributed by atoms with E-state index in [0.29, 0.717) is 12.3 Å². The zero-order valence-corrected chi connectivity index (χ0v) is 6.95. The molecule has 2 rings (SSSR count). The van der Waals surface area contributed by atoms with Crippen molar-refractivity contribution < 1.29 is 4.79 Å². The average molecular weight is 179 g/mol. The van der Waals surface area contributed by atoms with E-state index in [9.17, 15) is 4.79 Å². The summed E-state index contributed by atoms with van der Waals surface area (Å²) in [6.45, 7) is 0. The smallest absolute Gasteiger partial charge is 0.139 e. The van der Waals surface area contributed by atoms with Crippen LogP contribution in [0.3, 0.4) is 0 Å². The Morgan fingerprint density at radius 1 is 1.50 bits per heavy atom. The highest BCUT2D eigenvalue weighted by molar-refractivity contribution is 6.50. The molecular formula is C7H8Cl2O. The predicted molar refractivity (Wildman–Crippen MR) is 40.3 cm³/mol. The highest BCUT2D eigenvalue weighted by Gasteiger charge is 2.57. The minimum atomic E-state index is -0.710. The van der Waals surface area contributed by atoms with Gasteiger partial charge < -0.3 is 0 Å². The number of hydrogen-bond acceptors (Lipinski definition) is 1. The number of ketones is 1. The Bertz CT molecular complexity index is 188. The number of halogens is 2. The molecule has 10 heavy (non-hydrogen) atoms. The van der Waals surface area contributed by atoms with Gasteiger partial charge in [0.15, 0.2) is 0 Å². The predicted octanol–water partition coefficient (Wildman–Crippen LogP) is 2.16. The van der Waals surface area contributed by atoms with E-state index in [2.05, 4.69) is 0 Å². The van der Waals surface area contributed by atoms with Gasteiger partial charge in [-0.25, -0.2) is 0 Å². The maximum atomic E-state index is 11.1. The lowest BCUT2D eigenvalue weighted by molar-refractivity contribution is -0.123. The third kappa shape index (κ3) is 0.737. The molecule has 2 fully saturated rings. The monoisotopic (exact) mass is 178 g/mol. The van der Waals surface area contributed by atoms with Crippen LogP contribution in [0.5, 0.6) is 0 Å². The van der Waals surface area contributed by atoms with Crippen LogP contribution < -0.4 is 0 Å². The summed E-state index contributed by atoms with van der Waals surface area (Å²) in [6.07, 6.45) is 2.51. The Hall–Kier alpha value is 0.250. The van der Waals surface area contributed by atoms with E-state index >= 15 is 0 Å². The summed E-state index contributed by atoms with van der Waals surface area (Å²) in [7, 11) is 0. The van der Waals surface area contributed by atoms with Crippen LogP contribution in [0.15, 0.2) is 0 Å². The summed E-state index contributed by atoms with van der Waals surface area (Å²) in [6, 6.07) is 0. The highest BCUT2D eigenvalue weighted by Crippen LogP contribution is 2.57. The molecule has 0 amide bonds. The number of rotatable bonds is 0. The summed E-state index contributed by atoms with van der Waals surface area (Å²) in [5.74, 6) is 0.736. The fourth-order valence-corrected chi connectivity index (χ4v) is 3.03. The second-order valence-electron chi connectivity index (χ2n) is 3.21. The van der Waals surface area contributed by atoms with E-state index in [-0.39, 0.29) is 11.7 Å². The topological polar surface area (TPSA) is 17.1 Å². The maximum absolute atomic E-state index is 11.1. The van der Waals surface area contributed by atoms with Gasteiger partial charge in [0.05, 0.1) is 5.92 Å². The van der Waals surface area contributed by atoms with Gasteiger partial charge in [0.25, 0.3) is 0 Å². The average Bonchev–Trinajstić information content (AvgIpc) is 2.06.